The van der Waals surface area contributed by atoms with Crippen LogP contribution in [0.1, 0.15) is 27.0 Å². The van der Waals surface area contributed by atoms with Crippen molar-refractivity contribution in [2.75, 3.05) is 24.3 Å². The number of ether oxygens (including phenoxy) is 1. The van der Waals surface area contributed by atoms with E-state index in [2.05, 4.69) is 0 Å². The summed E-state index contributed by atoms with van der Waals surface area (Å²) in [5, 5.41) is 0. The van der Waals surface area contributed by atoms with E-state index in [4.69, 9.17) is 4.74 Å². The van der Waals surface area contributed by atoms with Gasteiger partial charge in [-0.15, -0.1) is 11.8 Å². The second-order valence-electron chi connectivity index (χ2n) is 8.34. The van der Waals surface area contributed by atoms with E-state index < -0.39 is 16.5 Å². The minimum absolute atomic E-state index is 0.0651. The van der Waals surface area contributed by atoms with Gasteiger partial charge in [-0.2, -0.15) is 0 Å². The van der Waals surface area contributed by atoms with Gasteiger partial charge >= 0.3 is 0 Å². The van der Waals surface area contributed by atoms with Crippen LogP contribution in [0, 0.1) is 18.6 Å². The minimum Gasteiger partial charge on any atom is -0.497 e. The van der Waals surface area contributed by atoms with Gasteiger partial charge in [0, 0.05) is 23.4 Å². The van der Waals surface area contributed by atoms with E-state index >= 15 is 0 Å². The topological polar surface area (TPSA) is 49.9 Å². The molecule has 1 saturated heterocycles. The summed E-state index contributed by atoms with van der Waals surface area (Å²) in [6.45, 7) is 2.40. The number of halogens is 2. The molecule has 1 spiro atoms. The highest BCUT2D eigenvalue weighted by Gasteiger charge is 2.59. The molecule has 3 aromatic carbocycles. The Hall–Kier alpha value is -3.39. The molecule has 0 saturated carbocycles. The van der Waals surface area contributed by atoms with Crippen LogP contribution in [-0.2, 0) is 16.2 Å². The van der Waals surface area contributed by atoms with Gasteiger partial charge in [0.05, 0.1) is 19.3 Å². The largest absolute Gasteiger partial charge is 0.497 e. The Morgan fingerprint density at radius 3 is 2.68 bits per heavy atom. The first-order chi connectivity index (χ1) is 16.3. The lowest BCUT2D eigenvalue weighted by molar-refractivity contribution is -0.123. The normalized spacial score (nSPS) is 19.1. The average Bonchev–Trinajstić information content (AvgIpc) is 3.38. The van der Waals surface area contributed by atoms with Crippen LogP contribution in [-0.4, -0.2) is 36.1 Å². The molecule has 0 aliphatic carbocycles. The number of aryl methyl sites for hydroxylation is 1. The number of hydrogen-bond acceptors (Lipinski definition) is 4. The smallest absolute Gasteiger partial charge is 0.268 e. The second kappa shape index (κ2) is 8.43. The van der Waals surface area contributed by atoms with Crippen LogP contribution < -0.4 is 9.64 Å². The number of benzene rings is 3. The molecular formula is C26H22F2N2O3S. The molecule has 1 atom stereocenters. The van der Waals surface area contributed by atoms with Gasteiger partial charge in [-0.25, -0.2) is 8.78 Å². The minimum atomic E-state index is -1.22. The zero-order valence-corrected chi connectivity index (χ0v) is 19.5. The fourth-order valence-electron chi connectivity index (χ4n) is 4.62. The lowest BCUT2D eigenvalue weighted by atomic mass is 10.0. The average molecular weight is 481 g/mol. The van der Waals surface area contributed by atoms with E-state index in [1.165, 1.54) is 24.9 Å². The maximum atomic E-state index is 14.0. The van der Waals surface area contributed by atoms with Crippen LogP contribution in [0.2, 0.25) is 0 Å². The summed E-state index contributed by atoms with van der Waals surface area (Å²) in [5.74, 6) is -1.29. The molecule has 5 rings (SSSR count). The molecule has 2 aliphatic heterocycles. The Kier molecular flexibility index (Phi) is 5.56. The summed E-state index contributed by atoms with van der Waals surface area (Å²) < 4.78 is 32.6. The summed E-state index contributed by atoms with van der Waals surface area (Å²) in [6.07, 6.45) is 0. The van der Waals surface area contributed by atoms with Gasteiger partial charge < -0.3 is 14.5 Å². The number of methoxy groups -OCH3 is 1. The Labute approximate surface area is 200 Å². The van der Waals surface area contributed by atoms with E-state index in [0.717, 1.165) is 23.3 Å². The van der Waals surface area contributed by atoms with Crippen LogP contribution in [0.25, 0.3) is 0 Å². The highest BCUT2D eigenvalue weighted by atomic mass is 32.2. The number of thioether (sulfide) groups is 1. The highest BCUT2D eigenvalue weighted by Crippen LogP contribution is 2.55. The summed E-state index contributed by atoms with van der Waals surface area (Å²) in [4.78, 5) is 29.7. The lowest BCUT2D eigenvalue weighted by Crippen LogP contribution is -2.50. The zero-order valence-electron chi connectivity index (χ0n) is 18.7. The van der Waals surface area contributed by atoms with Crippen molar-refractivity contribution in [2.24, 2.45) is 0 Å². The monoisotopic (exact) mass is 480 g/mol. The number of anilines is 1. The molecular weight excluding hydrogens is 458 g/mol. The predicted molar refractivity (Wildman–Crippen MR) is 127 cm³/mol. The molecule has 2 aliphatic rings. The van der Waals surface area contributed by atoms with Crippen LogP contribution >= 0.6 is 11.8 Å². The summed E-state index contributed by atoms with van der Waals surface area (Å²) >= 11 is 1.42. The number of amides is 2. The number of carbonyl (C=O) groups is 2. The molecule has 174 valence electrons. The van der Waals surface area contributed by atoms with E-state index in [1.807, 2.05) is 25.1 Å². The van der Waals surface area contributed by atoms with Crippen LogP contribution in [0.3, 0.4) is 0 Å². The molecule has 0 unspecified atom stereocenters. The third-order valence-electron chi connectivity index (χ3n) is 6.24. The van der Waals surface area contributed by atoms with Crippen molar-refractivity contribution in [1.82, 2.24) is 4.90 Å². The highest BCUT2D eigenvalue weighted by molar-refractivity contribution is 8.01. The molecule has 2 heterocycles. The molecule has 5 nitrogen and oxygen atoms in total. The molecule has 1 fully saturated rings. The third-order valence-corrected chi connectivity index (χ3v) is 7.65. The number of carbonyl (C=O) groups excluding carboxylic acids is 2. The first kappa shape index (κ1) is 22.4. The number of fused-ring (bicyclic) bond motifs is 2. The van der Waals surface area contributed by atoms with Gasteiger partial charge in [0.2, 0.25) is 0 Å². The van der Waals surface area contributed by atoms with Gasteiger partial charge in [0.15, 0.2) is 16.5 Å². The fraction of sp³-hybridized carbons (Fsp3) is 0.231. The Morgan fingerprint density at radius 1 is 1.09 bits per heavy atom. The standard InChI is InChI=1S/C26H22F2N2O3S/c1-16-6-9-23-20(12-16)26(25(32)29(23)15-17-7-8-21(27)22(28)13-17)30(10-11-34-26)24(31)18-4-3-5-19(14-18)33-2/h3-9,12-14H,10-11,15H2,1-2H3/t26-/m0/s1. The first-order valence-electron chi connectivity index (χ1n) is 10.8. The molecule has 0 aromatic heterocycles. The third kappa shape index (κ3) is 3.44. The van der Waals surface area contributed by atoms with Crippen molar-refractivity contribution >= 4 is 29.3 Å². The molecule has 2 amide bonds. The van der Waals surface area contributed by atoms with Crippen LogP contribution in [0.5, 0.6) is 5.75 Å². The maximum Gasteiger partial charge on any atom is 0.268 e. The van der Waals surface area contributed by atoms with E-state index in [-0.39, 0.29) is 18.4 Å². The van der Waals surface area contributed by atoms with Crippen molar-refractivity contribution in [1.29, 1.82) is 0 Å². The van der Waals surface area contributed by atoms with Gasteiger partial charge in [-0.1, -0.05) is 29.8 Å². The summed E-state index contributed by atoms with van der Waals surface area (Å²) in [5.41, 5.74) is 3.26. The van der Waals surface area contributed by atoms with Gasteiger partial charge in [0.1, 0.15) is 5.75 Å². The SMILES string of the molecule is COc1cccc(C(=O)N2CCS[C@@]23C(=O)N(Cc2ccc(F)c(F)c2)c2ccc(C)cc23)c1. The molecule has 3 aromatic rings. The van der Waals surface area contributed by atoms with Crippen LogP contribution in [0.4, 0.5) is 14.5 Å². The van der Waals surface area contributed by atoms with Crippen molar-refractivity contribution in [3.63, 3.8) is 0 Å². The van der Waals surface area contributed by atoms with Gasteiger partial charge in [-0.3, -0.25) is 9.59 Å². The predicted octanol–water partition coefficient (Wildman–Crippen LogP) is 4.87. The van der Waals surface area contributed by atoms with Crippen LogP contribution in [0.15, 0.2) is 60.7 Å². The Bertz CT molecular complexity index is 1310. The molecule has 0 bridgehead atoms. The number of nitrogens with zero attached hydrogens (tertiary/aromatic N) is 2. The van der Waals surface area contributed by atoms with E-state index in [1.54, 1.807) is 34.1 Å². The van der Waals surface area contributed by atoms with Crippen molar-refractivity contribution in [3.05, 3.63) is 94.6 Å². The quantitative estimate of drug-likeness (QED) is 0.535. The lowest BCUT2D eigenvalue weighted by Gasteiger charge is -2.33. The van der Waals surface area contributed by atoms with Gasteiger partial charge in [-0.05, 0) is 48.9 Å². The molecule has 34 heavy (non-hydrogen) atoms. The first-order valence-corrected chi connectivity index (χ1v) is 11.8. The zero-order chi connectivity index (χ0) is 24.0. The summed E-state index contributed by atoms with van der Waals surface area (Å²) in [7, 11) is 1.53. The van der Waals surface area contributed by atoms with Crippen molar-refractivity contribution < 1.29 is 23.1 Å². The molecule has 0 radical (unpaired) electrons. The molecule has 0 N–H and O–H groups in total. The summed E-state index contributed by atoms with van der Waals surface area (Å²) in [6, 6.07) is 16.2. The second-order valence-corrected chi connectivity index (χ2v) is 9.63. The van der Waals surface area contributed by atoms with E-state index in [9.17, 15) is 18.4 Å². The van der Waals surface area contributed by atoms with E-state index in [0.29, 0.717) is 34.9 Å². The van der Waals surface area contributed by atoms with Gasteiger partial charge in [0.25, 0.3) is 11.8 Å². The molecule has 8 heteroatoms. The van der Waals surface area contributed by atoms with Crippen molar-refractivity contribution in [3.8, 4) is 5.75 Å². The Morgan fingerprint density at radius 2 is 1.91 bits per heavy atom. The fourth-order valence-corrected chi connectivity index (χ4v) is 6.07. The number of hydrogen-bond donors (Lipinski definition) is 0. The number of rotatable bonds is 4. The van der Waals surface area contributed by atoms with Crippen molar-refractivity contribution in [2.45, 2.75) is 18.3 Å². The Balaban J connectivity index is 1.58. The maximum absolute atomic E-state index is 14.0.